The molecule has 2 saturated heterocycles. The number of hydrogen-bond acceptors (Lipinski definition) is 4. The molecule has 2 aliphatic carbocycles. The monoisotopic (exact) mass is 294 g/mol. The zero-order chi connectivity index (χ0) is 15.0. The molecule has 0 radical (unpaired) electrons. The summed E-state index contributed by atoms with van der Waals surface area (Å²) in [5, 5.41) is 0. The van der Waals surface area contributed by atoms with Gasteiger partial charge in [-0.3, -0.25) is 4.79 Å². The normalized spacial score (nSPS) is 57.9. The van der Waals surface area contributed by atoms with Gasteiger partial charge in [-0.15, -0.1) is 0 Å². The maximum Gasteiger partial charge on any atom is 0.302 e. The molecule has 7 unspecified atom stereocenters. The first-order chi connectivity index (χ1) is 9.83. The Bertz CT molecular complexity index is 485. The molecule has 118 valence electrons. The van der Waals surface area contributed by atoms with E-state index in [1.54, 1.807) is 0 Å². The molecule has 4 heteroatoms. The third-order valence-electron chi connectivity index (χ3n) is 7.23. The van der Waals surface area contributed by atoms with E-state index in [0.29, 0.717) is 5.92 Å². The fourth-order valence-corrected chi connectivity index (χ4v) is 5.62. The van der Waals surface area contributed by atoms with E-state index in [-0.39, 0.29) is 40.7 Å². The number of carbonyl (C=O) groups is 1. The topological polar surface area (TPSA) is 48.1 Å². The van der Waals surface area contributed by atoms with Crippen molar-refractivity contribution in [3.63, 3.8) is 0 Å². The number of fused-ring (bicyclic) bond motifs is 2. The fourth-order valence-electron chi connectivity index (χ4n) is 5.62. The summed E-state index contributed by atoms with van der Waals surface area (Å²) >= 11 is 0. The Morgan fingerprint density at radius 3 is 2.57 bits per heavy atom. The molecular weight excluding hydrogens is 268 g/mol. The minimum absolute atomic E-state index is 0.0309. The minimum atomic E-state index is -0.209. The van der Waals surface area contributed by atoms with Crippen LogP contribution in [0.1, 0.15) is 53.4 Å². The molecule has 7 atom stereocenters. The number of ether oxygens (including phenoxy) is 3. The van der Waals surface area contributed by atoms with Crippen molar-refractivity contribution < 1.29 is 19.0 Å². The first-order valence-electron chi connectivity index (χ1n) is 8.30. The van der Waals surface area contributed by atoms with Crippen molar-refractivity contribution in [1.82, 2.24) is 0 Å². The van der Waals surface area contributed by atoms with Gasteiger partial charge in [-0.25, -0.2) is 0 Å². The Hall–Kier alpha value is -0.610. The van der Waals surface area contributed by atoms with Gasteiger partial charge in [0.15, 0.2) is 0 Å². The van der Waals surface area contributed by atoms with E-state index in [1.807, 2.05) is 0 Å². The first-order valence-corrected chi connectivity index (χ1v) is 8.30. The van der Waals surface area contributed by atoms with Crippen LogP contribution in [0.15, 0.2) is 0 Å². The molecule has 4 fully saturated rings. The number of esters is 1. The van der Waals surface area contributed by atoms with Gasteiger partial charge in [-0.05, 0) is 25.2 Å². The van der Waals surface area contributed by atoms with Crippen LogP contribution in [0.2, 0.25) is 0 Å². The number of carbonyl (C=O) groups excluding carboxylic acids is 1. The molecule has 0 aromatic carbocycles. The lowest BCUT2D eigenvalue weighted by atomic mass is 9.50. The van der Waals surface area contributed by atoms with Crippen LogP contribution in [0, 0.1) is 16.7 Å². The van der Waals surface area contributed by atoms with E-state index < -0.39 is 0 Å². The molecule has 0 amide bonds. The van der Waals surface area contributed by atoms with Crippen LogP contribution in [-0.2, 0) is 19.0 Å². The van der Waals surface area contributed by atoms with Crippen LogP contribution in [-0.4, -0.2) is 36.5 Å². The molecule has 0 N–H and O–H groups in total. The van der Waals surface area contributed by atoms with E-state index in [2.05, 4.69) is 20.8 Å². The average molecular weight is 294 g/mol. The maximum absolute atomic E-state index is 11.6. The van der Waals surface area contributed by atoms with Crippen molar-refractivity contribution >= 4 is 5.97 Å². The molecule has 0 aromatic heterocycles. The van der Waals surface area contributed by atoms with Gasteiger partial charge in [0.2, 0.25) is 0 Å². The second-order valence-electron chi connectivity index (χ2n) is 8.12. The van der Waals surface area contributed by atoms with Gasteiger partial charge in [0.05, 0.1) is 18.8 Å². The van der Waals surface area contributed by atoms with E-state index in [4.69, 9.17) is 14.2 Å². The molecule has 4 aliphatic rings. The van der Waals surface area contributed by atoms with Crippen molar-refractivity contribution in [2.45, 2.75) is 77.3 Å². The predicted molar refractivity (Wildman–Crippen MR) is 76.7 cm³/mol. The van der Waals surface area contributed by atoms with Crippen molar-refractivity contribution in [3.8, 4) is 0 Å². The van der Waals surface area contributed by atoms with Crippen LogP contribution in [0.3, 0.4) is 0 Å². The third kappa shape index (κ3) is 1.51. The van der Waals surface area contributed by atoms with Crippen LogP contribution in [0.4, 0.5) is 0 Å². The lowest BCUT2D eigenvalue weighted by Gasteiger charge is -2.59. The fraction of sp³-hybridized carbons (Fsp3) is 0.941. The molecule has 0 aromatic rings. The third-order valence-corrected chi connectivity index (χ3v) is 7.23. The lowest BCUT2D eigenvalue weighted by Crippen LogP contribution is -2.64. The summed E-state index contributed by atoms with van der Waals surface area (Å²) in [5.41, 5.74) is -0.304. The second-order valence-corrected chi connectivity index (χ2v) is 8.12. The lowest BCUT2D eigenvalue weighted by molar-refractivity contribution is -0.235. The van der Waals surface area contributed by atoms with Crippen LogP contribution < -0.4 is 0 Å². The highest BCUT2D eigenvalue weighted by Gasteiger charge is 2.81. The van der Waals surface area contributed by atoms with E-state index in [0.717, 1.165) is 25.9 Å². The quantitative estimate of drug-likeness (QED) is 0.551. The smallest absolute Gasteiger partial charge is 0.302 e. The zero-order valence-electron chi connectivity index (χ0n) is 13.5. The van der Waals surface area contributed by atoms with Gasteiger partial charge >= 0.3 is 5.97 Å². The number of epoxide rings is 1. The Morgan fingerprint density at radius 1 is 1.24 bits per heavy atom. The summed E-state index contributed by atoms with van der Waals surface area (Å²) in [6, 6.07) is 0. The van der Waals surface area contributed by atoms with E-state index in [9.17, 15) is 4.79 Å². The van der Waals surface area contributed by atoms with Gasteiger partial charge in [-0.2, -0.15) is 0 Å². The first kappa shape index (κ1) is 14.0. The molecule has 2 saturated carbocycles. The molecule has 4 rings (SSSR count). The molecule has 4 nitrogen and oxygen atoms in total. The molecular formula is C17H26O4. The number of rotatable bonds is 1. The van der Waals surface area contributed by atoms with Gasteiger partial charge in [0.25, 0.3) is 0 Å². The molecule has 1 spiro atoms. The van der Waals surface area contributed by atoms with Crippen LogP contribution in [0.5, 0.6) is 0 Å². The summed E-state index contributed by atoms with van der Waals surface area (Å²) in [6.45, 7) is 9.21. The largest absolute Gasteiger partial charge is 0.462 e. The van der Waals surface area contributed by atoms with Gasteiger partial charge in [-0.1, -0.05) is 20.8 Å². The summed E-state index contributed by atoms with van der Waals surface area (Å²) in [5.74, 6) is 0.529. The summed E-state index contributed by atoms with van der Waals surface area (Å²) in [7, 11) is 0. The maximum atomic E-state index is 11.6. The van der Waals surface area contributed by atoms with Crippen molar-refractivity contribution in [3.05, 3.63) is 0 Å². The summed E-state index contributed by atoms with van der Waals surface area (Å²) in [4.78, 5) is 11.6. The summed E-state index contributed by atoms with van der Waals surface area (Å²) in [6.07, 6.45) is 4.54. The Labute approximate surface area is 126 Å². The average Bonchev–Trinajstić information content (AvgIpc) is 3.16. The molecule has 2 bridgehead atoms. The summed E-state index contributed by atoms with van der Waals surface area (Å²) < 4.78 is 18.2. The Balaban J connectivity index is 1.77. The highest BCUT2D eigenvalue weighted by Crippen LogP contribution is 2.72. The van der Waals surface area contributed by atoms with E-state index in [1.165, 1.54) is 13.3 Å². The van der Waals surface area contributed by atoms with Gasteiger partial charge < -0.3 is 14.2 Å². The highest BCUT2D eigenvalue weighted by atomic mass is 16.6. The van der Waals surface area contributed by atoms with Gasteiger partial charge in [0.1, 0.15) is 11.7 Å². The van der Waals surface area contributed by atoms with Crippen LogP contribution >= 0.6 is 0 Å². The second kappa shape index (κ2) is 4.02. The molecule has 2 heterocycles. The number of hydrogen-bond donors (Lipinski definition) is 0. The SMILES string of the molecule is CC(=O)OC1CC2OC3CC(C)CCC3(C)C1(C)C21CO1. The van der Waals surface area contributed by atoms with Crippen LogP contribution in [0.25, 0.3) is 0 Å². The molecule has 21 heavy (non-hydrogen) atoms. The Kier molecular flexibility index (Phi) is 2.68. The minimum Gasteiger partial charge on any atom is -0.462 e. The van der Waals surface area contributed by atoms with E-state index >= 15 is 0 Å². The zero-order valence-corrected chi connectivity index (χ0v) is 13.5. The van der Waals surface area contributed by atoms with Crippen molar-refractivity contribution in [2.24, 2.45) is 16.7 Å². The van der Waals surface area contributed by atoms with Crippen molar-refractivity contribution in [1.29, 1.82) is 0 Å². The standard InChI is InChI=1S/C17H26O4/c1-10-5-6-15(3)12(7-10)21-14-8-13(20-11(2)18)16(15,4)17(14)9-19-17/h10,12-14H,5-9H2,1-4H3. The van der Waals surface area contributed by atoms with Gasteiger partial charge in [0, 0.05) is 24.2 Å². The van der Waals surface area contributed by atoms with Crippen molar-refractivity contribution in [2.75, 3.05) is 6.61 Å². The Morgan fingerprint density at radius 2 is 1.95 bits per heavy atom. The molecule has 2 aliphatic heterocycles. The predicted octanol–water partition coefficient (Wildman–Crippen LogP) is 2.69. The highest BCUT2D eigenvalue weighted by molar-refractivity contribution is 5.66.